The number of hydrogen-bond acceptors (Lipinski definition) is 4. The molecule has 2 unspecified atom stereocenters. The van der Waals surface area contributed by atoms with Crippen LogP contribution in [-0.2, 0) is 16.9 Å². The minimum Gasteiger partial charge on any atom is -0.383 e. The van der Waals surface area contributed by atoms with E-state index < -0.39 is 5.60 Å². The monoisotopic (exact) mass is 359 g/mol. The Morgan fingerprint density at radius 1 is 1.57 bits per heavy atom. The molecule has 0 radical (unpaired) electrons. The van der Waals surface area contributed by atoms with Gasteiger partial charge in [0, 0.05) is 19.4 Å². The summed E-state index contributed by atoms with van der Waals surface area (Å²) in [6.45, 7) is 6.51. The molecule has 1 aromatic heterocycles. The van der Waals surface area contributed by atoms with Gasteiger partial charge < -0.3 is 14.7 Å². The average molecular weight is 360 g/mol. The summed E-state index contributed by atoms with van der Waals surface area (Å²) in [5.41, 5.74) is 0.0211. The summed E-state index contributed by atoms with van der Waals surface area (Å²) < 4.78 is 8.60. The number of hydrogen-bond donors (Lipinski definition) is 1. The number of nitrogens with zero attached hydrogens (tertiary/aromatic N) is 3. The quantitative estimate of drug-likeness (QED) is 0.875. The van der Waals surface area contributed by atoms with E-state index in [4.69, 9.17) is 4.74 Å². The molecular formula is C15H26BrN3O2. The van der Waals surface area contributed by atoms with Crippen molar-refractivity contribution in [2.75, 3.05) is 27.2 Å². The van der Waals surface area contributed by atoms with Crippen LogP contribution in [0.25, 0.3) is 0 Å². The Kier molecular flexibility index (Phi) is 5.46. The van der Waals surface area contributed by atoms with Crippen molar-refractivity contribution in [2.45, 2.75) is 44.9 Å². The van der Waals surface area contributed by atoms with Gasteiger partial charge in [-0.2, -0.15) is 5.10 Å². The first kappa shape index (κ1) is 16.9. The lowest BCUT2D eigenvalue weighted by molar-refractivity contribution is -0.125. The number of aliphatic hydroxyl groups is 1. The van der Waals surface area contributed by atoms with Crippen LogP contribution in [0, 0.1) is 5.92 Å². The SMILES string of the molecule is CC(C)C1CC(O)(c2c(Br)cnn2CCN(C)C)CCO1. The first-order chi connectivity index (χ1) is 9.83. The van der Waals surface area contributed by atoms with Crippen LogP contribution in [0.5, 0.6) is 0 Å². The van der Waals surface area contributed by atoms with E-state index in [9.17, 15) is 5.11 Å². The predicted molar refractivity (Wildman–Crippen MR) is 86.2 cm³/mol. The van der Waals surface area contributed by atoms with Crippen molar-refractivity contribution in [1.29, 1.82) is 0 Å². The maximum atomic E-state index is 11.2. The van der Waals surface area contributed by atoms with Crippen LogP contribution >= 0.6 is 15.9 Å². The van der Waals surface area contributed by atoms with Crippen LogP contribution in [0.3, 0.4) is 0 Å². The molecule has 0 saturated carbocycles. The van der Waals surface area contributed by atoms with E-state index in [1.807, 2.05) is 18.8 Å². The van der Waals surface area contributed by atoms with Gasteiger partial charge in [-0.25, -0.2) is 0 Å². The van der Waals surface area contributed by atoms with Gasteiger partial charge in [0.25, 0.3) is 0 Å². The summed E-state index contributed by atoms with van der Waals surface area (Å²) in [7, 11) is 4.08. The number of aromatic nitrogens is 2. The normalized spacial score (nSPS) is 26.8. The molecule has 2 rings (SSSR count). The van der Waals surface area contributed by atoms with Gasteiger partial charge in [0.05, 0.1) is 35.6 Å². The van der Waals surface area contributed by atoms with Crippen LogP contribution in [0.2, 0.25) is 0 Å². The number of ether oxygens (including phenoxy) is 1. The molecule has 0 amide bonds. The first-order valence-corrected chi connectivity index (χ1v) is 8.33. The zero-order valence-corrected chi connectivity index (χ0v) is 14.9. The van der Waals surface area contributed by atoms with E-state index in [1.54, 1.807) is 6.20 Å². The van der Waals surface area contributed by atoms with Crippen molar-refractivity contribution in [3.8, 4) is 0 Å². The van der Waals surface area contributed by atoms with Crippen LogP contribution in [0.4, 0.5) is 0 Å². The highest BCUT2D eigenvalue weighted by Crippen LogP contribution is 2.39. The molecule has 120 valence electrons. The van der Waals surface area contributed by atoms with Gasteiger partial charge in [0.1, 0.15) is 5.60 Å². The topological polar surface area (TPSA) is 50.5 Å². The molecule has 1 N–H and O–H groups in total. The van der Waals surface area contributed by atoms with Gasteiger partial charge >= 0.3 is 0 Å². The number of rotatable bonds is 5. The summed E-state index contributed by atoms with van der Waals surface area (Å²) >= 11 is 3.55. The van der Waals surface area contributed by atoms with Crippen LogP contribution in [-0.4, -0.2) is 53.1 Å². The third kappa shape index (κ3) is 3.86. The Bertz CT molecular complexity index is 475. The lowest BCUT2D eigenvalue weighted by Gasteiger charge is -2.39. The van der Waals surface area contributed by atoms with Gasteiger partial charge in [-0.1, -0.05) is 13.8 Å². The third-order valence-corrected chi connectivity index (χ3v) is 4.70. The Labute approximate surface area is 135 Å². The molecule has 1 aliphatic heterocycles. The average Bonchev–Trinajstić information content (AvgIpc) is 2.78. The van der Waals surface area contributed by atoms with Gasteiger partial charge in [-0.15, -0.1) is 0 Å². The van der Waals surface area contributed by atoms with Crippen LogP contribution in [0.1, 0.15) is 32.4 Å². The highest BCUT2D eigenvalue weighted by atomic mass is 79.9. The predicted octanol–water partition coefficient (Wildman–Crippen LogP) is 2.23. The van der Waals surface area contributed by atoms with E-state index in [0.717, 1.165) is 23.3 Å². The van der Waals surface area contributed by atoms with Crippen molar-refractivity contribution in [1.82, 2.24) is 14.7 Å². The van der Waals surface area contributed by atoms with Gasteiger partial charge in [0.2, 0.25) is 0 Å². The second kappa shape index (κ2) is 6.77. The van der Waals surface area contributed by atoms with E-state index in [1.165, 1.54) is 0 Å². The summed E-state index contributed by atoms with van der Waals surface area (Å²) in [5.74, 6) is 0.397. The second-order valence-electron chi connectivity index (χ2n) is 6.51. The van der Waals surface area contributed by atoms with Crippen molar-refractivity contribution >= 4 is 15.9 Å². The van der Waals surface area contributed by atoms with E-state index in [2.05, 4.69) is 39.8 Å². The molecular weight excluding hydrogens is 334 g/mol. The second-order valence-corrected chi connectivity index (χ2v) is 7.36. The molecule has 1 aliphatic rings. The zero-order valence-electron chi connectivity index (χ0n) is 13.3. The van der Waals surface area contributed by atoms with Crippen LogP contribution in [0.15, 0.2) is 10.7 Å². The fourth-order valence-electron chi connectivity index (χ4n) is 2.81. The Hall–Kier alpha value is -0.430. The molecule has 1 saturated heterocycles. The summed E-state index contributed by atoms with van der Waals surface area (Å²) in [6.07, 6.45) is 3.11. The molecule has 21 heavy (non-hydrogen) atoms. The fraction of sp³-hybridized carbons (Fsp3) is 0.800. The smallest absolute Gasteiger partial charge is 0.112 e. The Morgan fingerprint density at radius 3 is 2.90 bits per heavy atom. The fourth-order valence-corrected chi connectivity index (χ4v) is 3.47. The molecule has 2 atom stereocenters. The van der Waals surface area contributed by atoms with Crippen molar-refractivity contribution in [2.24, 2.45) is 5.92 Å². The molecule has 0 aromatic carbocycles. The molecule has 0 spiro atoms. The largest absolute Gasteiger partial charge is 0.383 e. The van der Waals surface area contributed by atoms with E-state index in [0.29, 0.717) is 25.4 Å². The van der Waals surface area contributed by atoms with Gasteiger partial charge in [0.15, 0.2) is 0 Å². The molecule has 0 aliphatic carbocycles. The highest BCUT2D eigenvalue weighted by Gasteiger charge is 2.41. The van der Waals surface area contributed by atoms with Gasteiger partial charge in [-0.05, 0) is 35.9 Å². The van der Waals surface area contributed by atoms with E-state index >= 15 is 0 Å². The summed E-state index contributed by atoms with van der Waals surface area (Å²) in [5, 5.41) is 15.6. The lowest BCUT2D eigenvalue weighted by Crippen LogP contribution is -2.42. The first-order valence-electron chi connectivity index (χ1n) is 7.54. The van der Waals surface area contributed by atoms with Gasteiger partial charge in [-0.3, -0.25) is 4.68 Å². The highest BCUT2D eigenvalue weighted by molar-refractivity contribution is 9.10. The standard InChI is InChI=1S/C15H26BrN3O2/c1-11(2)13-9-15(20,5-8-21-13)14-12(16)10-17-19(14)7-6-18(3)4/h10-11,13,20H,5-9H2,1-4H3. The van der Waals surface area contributed by atoms with Crippen molar-refractivity contribution < 1.29 is 9.84 Å². The summed E-state index contributed by atoms with van der Waals surface area (Å²) in [4.78, 5) is 2.12. The molecule has 0 bridgehead atoms. The van der Waals surface area contributed by atoms with E-state index in [-0.39, 0.29) is 6.10 Å². The third-order valence-electron chi connectivity index (χ3n) is 4.12. The molecule has 6 heteroatoms. The summed E-state index contributed by atoms with van der Waals surface area (Å²) in [6, 6.07) is 0. The van der Waals surface area contributed by atoms with Crippen molar-refractivity contribution in [3.63, 3.8) is 0 Å². The maximum Gasteiger partial charge on any atom is 0.112 e. The molecule has 2 heterocycles. The van der Waals surface area contributed by atoms with Crippen LogP contribution < -0.4 is 0 Å². The lowest BCUT2D eigenvalue weighted by atomic mass is 9.84. The molecule has 1 aromatic rings. The number of halogens is 1. The molecule has 1 fully saturated rings. The zero-order chi connectivity index (χ0) is 15.6. The minimum atomic E-state index is -0.866. The minimum absolute atomic E-state index is 0.0906. The Balaban J connectivity index is 2.24. The molecule has 5 nitrogen and oxygen atoms in total. The Morgan fingerprint density at radius 2 is 2.29 bits per heavy atom. The maximum absolute atomic E-state index is 11.2. The number of likely N-dealkylation sites (N-methyl/N-ethyl adjacent to an activating group) is 1. The van der Waals surface area contributed by atoms with Crippen molar-refractivity contribution in [3.05, 3.63) is 16.4 Å².